The molecule has 0 spiro atoms. The van der Waals surface area contributed by atoms with Crippen molar-refractivity contribution in [2.24, 2.45) is 0 Å². The van der Waals surface area contributed by atoms with Crippen molar-refractivity contribution in [3.8, 4) is 0 Å². The summed E-state index contributed by atoms with van der Waals surface area (Å²) in [5.74, 6) is -4.44. The van der Waals surface area contributed by atoms with Gasteiger partial charge in [0.2, 0.25) is 10.0 Å². The summed E-state index contributed by atoms with van der Waals surface area (Å²) in [5, 5.41) is 2.24. The molecule has 0 saturated carbocycles. The molecule has 0 aliphatic carbocycles. The molecule has 29 heavy (non-hydrogen) atoms. The summed E-state index contributed by atoms with van der Waals surface area (Å²) < 4.78 is 74.4. The second kappa shape index (κ2) is 9.16. The molecular weight excluding hydrogens is 429 g/mol. The average molecular weight is 448 g/mol. The Balaban J connectivity index is 0.00000300. The highest BCUT2D eigenvalue weighted by molar-refractivity contribution is 7.89. The number of carbonyl (C=O) groups is 1. The van der Waals surface area contributed by atoms with Gasteiger partial charge in [0, 0.05) is 18.3 Å². The Labute approximate surface area is 172 Å². The number of amides is 1. The number of hydrogen-bond donors (Lipinski definition) is 2. The monoisotopic (exact) mass is 448 g/mol. The van der Waals surface area contributed by atoms with E-state index in [2.05, 4.69) is 10.0 Å². The van der Waals surface area contributed by atoms with Crippen molar-refractivity contribution >= 4 is 35.1 Å². The highest BCUT2D eigenvalue weighted by Gasteiger charge is 2.30. The van der Waals surface area contributed by atoms with Crippen LogP contribution in [0.1, 0.15) is 22.3 Å². The van der Waals surface area contributed by atoms with Crippen LogP contribution in [0.2, 0.25) is 0 Å². The van der Waals surface area contributed by atoms with Crippen LogP contribution in [0.3, 0.4) is 0 Å². The van der Waals surface area contributed by atoms with E-state index in [4.69, 9.17) is 4.74 Å². The molecule has 1 aliphatic rings. The number of aryl methyl sites for hydroxylation is 1. The predicted octanol–water partition coefficient (Wildman–Crippen LogP) is 2.84. The fraction of sp³-hybridized carbons (Fsp3) is 0.278. The van der Waals surface area contributed by atoms with E-state index in [0.29, 0.717) is 19.1 Å². The van der Waals surface area contributed by atoms with E-state index in [1.54, 1.807) is 0 Å². The fourth-order valence-electron chi connectivity index (χ4n) is 2.78. The maximum absolute atomic E-state index is 14.8. The minimum absolute atomic E-state index is 0. The normalized spacial score (nSPS) is 16.3. The Morgan fingerprint density at radius 2 is 1.83 bits per heavy atom. The molecule has 1 saturated heterocycles. The second-order valence-corrected chi connectivity index (χ2v) is 8.02. The number of benzene rings is 2. The minimum atomic E-state index is -4.33. The summed E-state index contributed by atoms with van der Waals surface area (Å²) in [5.41, 5.74) is -0.720. The van der Waals surface area contributed by atoms with Crippen molar-refractivity contribution < 1.29 is 31.1 Å². The van der Waals surface area contributed by atoms with Gasteiger partial charge < -0.3 is 10.1 Å². The molecule has 3 rings (SSSR count). The molecule has 0 radical (unpaired) electrons. The van der Waals surface area contributed by atoms with Crippen LogP contribution in [0, 0.1) is 24.4 Å². The first-order chi connectivity index (χ1) is 13.2. The van der Waals surface area contributed by atoms with E-state index in [1.165, 1.54) is 19.1 Å². The van der Waals surface area contributed by atoms with Gasteiger partial charge in [0.25, 0.3) is 5.91 Å². The zero-order chi connectivity index (χ0) is 20.5. The van der Waals surface area contributed by atoms with Crippen LogP contribution in [-0.4, -0.2) is 33.6 Å². The third kappa shape index (κ3) is 5.10. The van der Waals surface area contributed by atoms with Crippen LogP contribution in [0.4, 0.5) is 18.9 Å². The number of anilines is 1. The van der Waals surface area contributed by atoms with Gasteiger partial charge in [0.15, 0.2) is 5.82 Å². The summed E-state index contributed by atoms with van der Waals surface area (Å²) in [6, 6.07) is 4.51. The summed E-state index contributed by atoms with van der Waals surface area (Å²) in [6.45, 7) is 1.96. The van der Waals surface area contributed by atoms with Gasteiger partial charge in [-0.25, -0.2) is 26.3 Å². The van der Waals surface area contributed by atoms with Crippen LogP contribution in [0.5, 0.6) is 0 Å². The van der Waals surface area contributed by atoms with Crippen molar-refractivity contribution in [3.05, 3.63) is 58.9 Å². The number of nitrogens with one attached hydrogen (secondary N) is 2. The number of ether oxygens (including phenoxy) is 1. The lowest BCUT2D eigenvalue weighted by Crippen LogP contribution is -2.35. The molecule has 6 nitrogen and oxygen atoms in total. The first kappa shape index (κ1) is 23.2. The topological polar surface area (TPSA) is 84.5 Å². The highest BCUT2D eigenvalue weighted by Crippen LogP contribution is 2.23. The molecule has 0 bridgehead atoms. The molecule has 11 heteroatoms. The van der Waals surface area contributed by atoms with Gasteiger partial charge in [-0.2, -0.15) is 13.5 Å². The molecule has 2 aromatic rings. The van der Waals surface area contributed by atoms with Crippen LogP contribution in [0.15, 0.2) is 35.2 Å². The molecule has 158 valence electrons. The van der Waals surface area contributed by atoms with Crippen LogP contribution < -0.4 is 10.0 Å². The molecule has 1 atom stereocenters. The van der Waals surface area contributed by atoms with Gasteiger partial charge in [-0.15, -0.1) is 0 Å². The van der Waals surface area contributed by atoms with Crippen molar-refractivity contribution in [2.45, 2.75) is 24.3 Å². The van der Waals surface area contributed by atoms with Gasteiger partial charge >= 0.3 is 0 Å². The van der Waals surface area contributed by atoms with E-state index >= 15 is 0 Å². The lowest BCUT2D eigenvalue weighted by atomic mass is 10.1. The number of carbonyl (C=O) groups excluding carboxylic acids is 1. The molecule has 2 aromatic carbocycles. The predicted molar refractivity (Wildman–Crippen MR) is 105 cm³/mol. The van der Waals surface area contributed by atoms with Gasteiger partial charge in [0.05, 0.1) is 6.61 Å². The van der Waals surface area contributed by atoms with Gasteiger partial charge in [-0.1, -0.05) is 0 Å². The van der Waals surface area contributed by atoms with Crippen molar-refractivity contribution in [3.63, 3.8) is 0 Å². The Bertz CT molecular complexity index is 1030. The van der Waals surface area contributed by atoms with Crippen molar-refractivity contribution in [1.82, 2.24) is 4.72 Å². The Kier molecular flexibility index (Phi) is 7.33. The van der Waals surface area contributed by atoms with Gasteiger partial charge in [-0.3, -0.25) is 4.79 Å². The number of hydrogen-bond acceptors (Lipinski definition) is 4. The zero-order valence-electron chi connectivity index (χ0n) is 15.3. The van der Waals surface area contributed by atoms with E-state index in [9.17, 15) is 26.4 Å². The van der Waals surface area contributed by atoms with Crippen LogP contribution in [-0.2, 0) is 14.8 Å². The zero-order valence-corrected chi connectivity index (χ0v) is 17.1. The van der Waals surface area contributed by atoms with Crippen LogP contribution in [0.25, 0.3) is 0 Å². The lowest BCUT2D eigenvalue weighted by molar-refractivity contribution is 0.101. The summed E-state index contributed by atoms with van der Waals surface area (Å²) in [6.07, 6.45) is 0.416. The smallest absolute Gasteiger partial charge is 0.261 e. The Morgan fingerprint density at radius 3 is 2.45 bits per heavy atom. The maximum Gasteiger partial charge on any atom is 0.261 e. The quantitative estimate of drug-likeness (QED) is 0.737. The molecule has 1 fully saturated rings. The van der Waals surface area contributed by atoms with E-state index in [-0.39, 0.29) is 31.4 Å². The SMILES string of the molecule is Cc1cc(NC(=O)c2c(F)ccc(S(=O)(=O)N[C@H]3CCOC3)c2F)ccc1F.S. The molecule has 2 N–H and O–H groups in total. The van der Waals surface area contributed by atoms with Gasteiger partial charge in [-0.05, 0) is 49.2 Å². The Morgan fingerprint density at radius 1 is 1.14 bits per heavy atom. The van der Waals surface area contributed by atoms with Crippen molar-refractivity contribution in [1.29, 1.82) is 0 Å². The maximum atomic E-state index is 14.8. The Hall–Kier alpha value is -2.08. The van der Waals surface area contributed by atoms with E-state index < -0.39 is 49.9 Å². The van der Waals surface area contributed by atoms with E-state index in [0.717, 1.165) is 12.1 Å². The molecule has 1 amide bonds. The van der Waals surface area contributed by atoms with Crippen molar-refractivity contribution in [2.75, 3.05) is 18.5 Å². The first-order valence-electron chi connectivity index (χ1n) is 8.34. The molecule has 1 heterocycles. The molecular formula is C18H19F3N2O4S2. The van der Waals surface area contributed by atoms with Gasteiger partial charge in [0.1, 0.15) is 22.1 Å². The average Bonchev–Trinajstić information content (AvgIpc) is 3.10. The van der Waals surface area contributed by atoms with E-state index in [1.807, 2.05) is 0 Å². The fourth-order valence-corrected chi connectivity index (χ4v) is 4.11. The summed E-state index contributed by atoms with van der Waals surface area (Å²) in [7, 11) is -4.33. The third-order valence-electron chi connectivity index (χ3n) is 4.24. The highest BCUT2D eigenvalue weighted by atomic mass is 32.2. The van der Waals surface area contributed by atoms with Crippen LogP contribution >= 0.6 is 13.5 Å². The largest absolute Gasteiger partial charge is 0.380 e. The summed E-state index contributed by atoms with van der Waals surface area (Å²) in [4.78, 5) is 11.5. The lowest BCUT2D eigenvalue weighted by Gasteiger charge is -2.14. The number of rotatable bonds is 5. The minimum Gasteiger partial charge on any atom is -0.380 e. The number of halogens is 3. The third-order valence-corrected chi connectivity index (χ3v) is 5.78. The molecule has 0 unspecified atom stereocenters. The standard InChI is InChI=1S/C18H17F3N2O4S.H2S/c1-10-8-11(2-3-13(10)19)22-18(24)16-14(20)4-5-15(17(16)21)28(25,26)23-12-6-7-27-9-12;/h2-5,8,12,23H,6-7,9H2,1H3,(H,22,24);1H2/t12-;/m0./s1. The first-order valence-corrected chi connectivity index (χ1v) is 9.83. The number of sulfonamides is 1. The molecule has 0 aromatic heterocycles. The summed E-state index contributed by atoms with van der Waals surface area (Å²) >= 11 is 0. The molecule has 1 aliphatic heterocycles. The second-order valence-electron chi connectivity index (χ2n) is 6.33.